The fourth-order valence-electron chi connectivity index (χ4n) is 3.92. The number of nitrogens with one attached hydrogen (secondary N) is 1. The molecule has 2 heterocycles. The largest absolute Gasteiger partial charge is 0.492 e. The van der Waals surface area contributed by atoms with Gasteiger partial charge < -0.3 is 10.1 Å². The Morgan fingerprint density at radius 1 is 1.14 bits per heavy atom. The van der Waals surface area contributed by atoms with E-state index in [1.165, 1.54) is 10.4 Å². The van der Waals surface area contributed by atoms with Gasteiger partial charge in [0.05, 0.1) is 23.7 Å². The van der Waals surface area contributed by atoms with Crippen LogP contribution in [0.25, 0.3) is 0 Å². The molecule has 0 aromatic heterocycles. The zero-order valence-corrected chi connectivity index (χ0v) is 18.3. The fourth-order valence-corrected chi connectivity index (χ4v) is 5.46. The molecule has 0 bridgehead atoms. The van der Waals surface area contributed by atoms with Crippen LogP contribution in [0.3, 0.4) is 0 Å². The van der Waals surface area contributed by atoms with Crippen molar-refractivity contribution in [3.05, 3.63) is 18.2 Å². The smallest absolute Gasteiger partial charge is 0.243 e. The minimum atomic E-state index is -3.57. The van der Waals surface area contributed by atoms with Gasteiger partial charge in [-0.15, -0.1) is 0 Å². The molecule has 1 aromatic rings. The first kappa shape index (κ1) is 22.1. The van der Waals surface area contributed by atoms with Gasteiger partial charge >= 0.3 is 0 Å². The highest BCUT2D eigenvalue weighted by Gasteiger charge is 2.27. The maximum atomic E-state index is 13.0. The van der Waals surface area contributed by atoms with Crippen molar-refractivity contribution in [1.29, 1.82) is 0 Å². The van der Waals surface area contributed by atoms with Gasteiger partial charge in [-0.3, -0.25) is 9.69 Å². The van der Waals surface area contributed by atoms with Crippen LogP contribution >= 0.6 is 0 Å². The average Bonchev–Trinajstić information content (AvgIpc) is 2.72. The quantitative estimate of drug-likeness (QED) is 0.729. The number of rotatable bonds is 7. The van der Waals surface area contributed by atoms with Crippen LogP contribution in [0.2, 0.25) is 0 Å². The van der Waals surface area contributed by atoms with Gasteiger partial charge in [-0.05, 0) is 69.8 Å². The van der Waals surface area contributed by atoms with Crippen LogP contribution < -0.4 is 10.1 Å². The molecule has 0 saturated carbocycles. The molecule has 0 radical (unpaired) electrons. The summed E-state index contributed by atoms with van der Waals surface area (Å²) in [5.41, 5.74) is 0.417. The fraction of sp³-hybridized carbons (Fsp3) is 0.667. The molecule has 0 unspecified atom stereocenters. The summed E-state index contributed by atoms with van der Waals surface area (Å²) in [7, 11) is -3.57. The van der Waals surface area contributed by atoms with Crippen LogP contribution in [-0.4, -0.2) is 62.9 Å². The first-order chi connectivity index (χ1) is 13.9. The molecule has 0 aliphatic carbocycles. The predicted octanol–water partition coefficient (Wildman–Crippen LogP) is 2.93. The Balaban J connectivity index is 1.75. The molecule has 2 aliphatic rings. The first-order valence-electron chi connectivity index (χ1n) is 10.7. The van der Waals surface area contributed by atoms with E-state index in [2.05, 4.69) is 17.1 Å². The maximum Gasteiger partial charge on any atom is 0.243 e. The molecule has 1 aromatic carbocycles. The molecule has 8 heteroatoms. The Kier molecular flexibility index (Phi) is 7.54. The van der Waals surface area contributed by atoms with Gasteiger partial charge in [0.25, 0.3) is 0 Å². The van der Waals surface area contributed by atoms with Gasteiger partial charge in [0.1, 0.15) is 5.75 Å². The normalized spacial score (nSPS) is 19.8. The Morgan fingerprint density at radius 2 is 1.83 bits per heavy atom. The lowest BCUT2D eigenvalue weighted by Crippen LogP contribution is -2.38. The van der Waals surface area contributed by atoms with E-state index in [4.69, 9.17) is 4.74 Å². The van der Waals surface area contributed by atoms with Crippen molar-refractivity contribution >= 4 is 21.6 Å². The summed E-state index contributed by atoms with van der Waals surface area (Å²) in [6.07, 6.45) is 5.02. The van der Waals surface area contributed by atoms with Crippen LogP contribution in [0.5, 0.6) is 5.75 Å². The zero-order chi connectivity index (χ0) is 20.9. The van der Waals surface area contributed by atoms with E-state index in [-0.39, 0.29) is 10.8 Å². The van der Waals surface area contributed by atoms with Gasteiger partial charge in [-0.2, -0.15) is 4.31 Å². The van der Waals surface area contributed by atoms with Crippen LogP contribution in [-0.2, 0) is 14.8 Å². The molecule has 3 rings (SSSR count). The highest BCUT2D eigenvalue weighted by atomic mass is 32.2. The summed E-state index contributed by atoms with van der Waals surface area (Å²) in [6, 6.07) is 4.74. The number of sulfonamides is 1. The number of likely N-dealkylation sites (tertiary alicyclic amines) is 1. The van der Waals surface area contributed by atoms with E-state index in [9.17, 15) is 13.2 Å². The molecule has 29 heavy (non-hydrogen) atoms. The molecular weight excluding hydrogens is 390 g/mol. The zero-order valence-electron chi connectivity index (χ0n) is 17.5. The molecule has 0 spiro atoms. The number of hydrogen-bond acceptors (Lipinski definition) is 5. The van der Waals surface area contributed by atoms with Crippen LogP contribution in [0, 0.1) is 5.92 Å². The Hall–Kier alpha value is -1.64. The van der Waals surface area contributed by atoms with Crippen molar-refractivity contribution in [2.75, 3.05) is 44.6 Å². The summed E-state index contributed by atoms with van der Waals surface area (Å²) in [6.45, 7) is 7.76. The number of hydrogen-bond donors (Lipinski definition) is 1. The monoisotopic (exact) mass is 423 g/mol. The first-order valence-corrected chi connectivity index (χ1v) is 12.1. The average molecular weight is 424 g/mol. The maximum absolute atomic E-state index is 13.0. The number of carbonyl (C=O) groups excluding carboxylic acids is 1. The topological polar surface area (TPSA) is 79.0 Å². The van der Waals surface area contributed by atoms with Crippen molar-refractivity contribution in [1.82, 2.24) is 9.21 Å². The molecule has 1 N–H and O–H groups in total. The van der Waals surface area contributed by atoms with Gasteiger partial charge in [0.15, 0.2) is 0 Å². The minimum Gasteiger partial charge on any atom is -0.492 e. The molecule has 162 valence electrons. The number of benzene rings is 1. The molecular formula is C21H33N3O4S. The number of ether oxygens (including phenoxy) is 1. The van der Waals surface area contributed by atoms with Crippen molar-refractivity contribution in [2.45, 2.75) is 50.8 Å². The summed E-state index contributed by atoms with van der Waals surface area (Å²) in [5.74, 6) is 1.05. The SMILES string of the molecule is CCOc1ccc(S(=O)(=O)N2CCCCC2)cc1NC(=O)CN1CCC(C)CC1. The standard InChI is InChI=1S/C21H33N3O4S/c1-3-28-20-8-7-18(29(26,27)24-11-5-4-6-12-24)15-19(20)22-21(25)16-23-13-9-17(2)10-14-23/h7-8,15,17H,3-6,9-14,16H2,1-2H3,(H,22,25). The van der Waals surface area contributed by atoms with Gasteiger partial charge in [0.2, 0.25) is 15.9 Å². The molecule has 2 saturated heterocycles. The number of piperidine rings is 2. The van der Waals surface area contributed by atoms with E-state index < -0.39 is 10.0 Å². The van der Waals surface area contributed by atoms with Gasteiger partial charge in [0, 0.05) is 13.1 Å². The lowest BCUT2D eigenvalue weighted by molar-refractivity contribution is -0.117. The number of nitrogens with zero attached hydrogens (tertiary/aromatic N) is 2. The molecule has 2 aliphatic heterocycles. The van der Waals surface area contributed by atoms with Crippen LogP contribution in [0.1, 0.15) is 46.0 Å². The van der Waals surface area contributed by atoms with Crippen molar-refractivity contribution in [3.63, 3.8) is 0 Å². The van der Waals surface area contributed by atoms with Gasteiger partial charge in [-0.25, -0.2) is 8.42 Å². The molecule has 2 fully saturated rings. The van der Waals surface area contributed by atoms with E-state index in [1.807, 2.05) is 6.92 Å². The lowest BCUT2D eigenvalue weighted by Gasteiger charge is -2.29. The number of amides is 1. The van der Waals surface area contributed by atoms with Crippen LogP contribution in [0.4, 0.5) is 5.69 Å². The van der Waals surface area contributed by atoms with E-state index in [1.54, 1.807) is 12.1 Å². The second kappa shape index (κ2) is 9.91. The van der Waals surface area contributed by atoms with E-state index in [0.29, 0.717) is 43.6 Å². The molecule has 0 atom stereocenters. The highest BCUT2D eigenvalue weighted by molar-refractivity contribution is 7.89. The summed E-state index contributed by atoms with van der Waals surface area (Å²) < 4.78 is 33.2. The Morgan fingerprint density at radius 3 is 2.48 bits per heavy atom. The molecule has 7 nitrogen and oxygen atoms in total. The third-order valence-corrected chi connectivity index (χ3v) is 7.62. The third-order valence-electron chi connectivity index (χ3n) is 5.72. The predicted molar refractivity (Wildman–Crippen MR) is 114 cm³/mol. The van der Waals surface area contributed by atoms with Crippen molar-refractivity contribution in [2.24, 2.45) is 5.92 Å². The number of anilines is 1. The number of carbonyl (C=O) groups is 1. The summed E-state index contributed by atoms with van der Waals surface area (Å²) >= 11 is 0. The summed E-state index contributed by atoms with van der Waals surface area (Å²) in [4.78, 5) is 15.0. The highest BCUT2D eigenvalue weighted by Crippen LogP contribution is 2.30. The Bertz CT molecular complexity index is 798. The third kappa shape index (κ3) is 5.71. The lowest BCUT2D eigenvalue weighted by atomic mass is 9.99. The van der Waals surface area contributed by atoms with E-state index in [0.717, 1.165) is 45.2 Å². The summed E-state index contributed by atoms with van der Waals surface area (Å²) in [5, 5.41) is 2.88. The van der Waals surface area contributed by atoms with Crippen molar-refractivity contribution in [3.8, 4) is 5.75 Å². The Labute approximate surface area is 174 Å². The minimum absolute atomic E-state index is 0.145. The second-order valence-corrected chi connectivity index (χ2v) is 10.0. The van der Waals surface area contributed by atoms with Gasteiger partial charge in [-0.1, -0.05) is 13.3 Å². The second-order valence-electron chi connectivity index (χ2n) is 8.06. The van der Waals surface area contributed by atoms with Crippen LogP contribution in [0.15, 0.2) is 23.1 Å². The van der Waals surface area contributed by atoms with E-state index >= 15 is 0 Å². The van der Waals surface area contributed by atoms with Crippen molar-refractivity contribution < 1.29 is 17.9 Å². The molecule has 1 amide bonds.